The predicted molar refractivity (Wildman–Crippen MR) is 68.3 cm³/mol. The first-order valence-electron chi connectivity index (χ1n) is 5.36. The summed E-state index contributed by atoms with van der Waals surface area (Å²) in [5.74, 6) is 0.257. The Morgan fingerprint density at radius 2 is 1.76 bits per heavy atom. The number of rotatable bonds is 3. The van der Waals surface area contributed by atoms with Gasteiger partial charge in [0, 0.05) is 5.56 Å². The molecule has 0 aromatic heterocycles. The van der Waals surface area contributed by atoms with Gasteiger partial charge in [0.25, 0.3) is 0 Å². The van der Waals surface area contributed by atoms with Gasteiger partial charge in [-0.3, -0.25) is 0 Å². The number of ether oxygens (including phenoxy) is 2. The molecule has 0 N–H and O–H groups in total. The Morgan fingerprint density at radius 1 is 1.18 bits per heavy atom. The molecule has 0 aliphatic rings. The lowest BCUT2D eigenvalue weighted by atomic mass is 9.94. The first kappa shape index (κ1) is 13.3. The molecule has 0 bridgehead atoms. The van der Waals surface area contributed by atoms with Crippen molar-refractivity contribution in [3.8, 4) is 5.75 Å². The number of carbonyl (C=O) groups is 1. The molecular weight excluding hydrogens is 216 g/mol. The lowest BCUT2D eigenvalue weighted by molar-refractivity contribution is -0.133. The van der Waals surface area contributed by atoms with Crippen LogP contribution in [0.1, 0.15) is 22.3 Å². The molecule has 0 fully saturated rings. The molecule has 3 heteroatoms. The van der Waals surface area contributed by atoms with E-state index in [1.807, 2.05) is 26.8 Å². The molecule has 92 valence electrons. The fourth-order valence-corrected chi connectivity index (χ4v) is 1.91. The summed E-state index contributed by atoms with van der Waals surface area (Å²) in [7, 11) is 2.94. The van der Waals surface area contributed by atoms with Crippen LogP contribution < -0.4 is 4.74 Å². The normalized spacial score (nSPS) is 9.94. The van der Waals surface area contributed by atoms with Crippen LogP contribution in [0.3, 0.4) is 0 Å². The van der Waals surface area contributed by atoms with Gasteiger partial charge in [0.2, 0.25) is 0 Å². The fraction of sp³-hybridized carbons (Fsp3) is 0.357. The van der Waals surface area contributed by atoms with Gasteiger partial charge in [-0.2, -0.15) is 0 Å². The third kappa shape index (κ3) is 2.33. The van der Waals surface area contributed by atoms with E-state index in [1.165, 1.54) is 7.11 Å². The zero-order valence-electron chi connectivity index (χ0n) is 11.0. The standard InChI is InChI=1S/C14H18O3/c1-8-7-9(2)12(11(4)14(15)17-6)13(16-5)10(8)3/h7H,4H2,1-3,5-6H3. The summed E-state index contributed by atoms with van der Waals surface area (Å²) < 4.78 is 10.1. The van der Waals surface area contributed by atoms with Gasteiger partial charge in [-0.15, -0.1) is 0 Å². The van der Waals surface area contributed by atoms with Gasteiger partial charge in [-0.05, 0) is 37.5 Å². The van der Waals surface area contributed by atoms with Gasteiger partial charge < -0.3 is 9.47 Å². The average molecular weight is 234 g/mol. The highest BCUT2D eigenvalue weighted by atomic mass is 16.5. The molecule has 1 aromatic carbocycles. The van der Waals surface area contributed by atoms with Gasteiger partial charge in [0.1, 0.15) is 5.75 Å². The smallest absolute Gasteiger partial charge is 0.337 e. The molecule has 0 saturated carbocycles. The molecule has 0 spiro atoms. The summed E-state index contributed by atoms with van der Waals surface area (Å²) in [5, 5.41) is 0. The summed E-state index contributed by atoms with van der Waals surface area (Å²) in [6, 6.07) is 2.02. The van der Waals surface area contributed by atoms with Crippen molar-refractivity contribution in [3.05, 3.63) is 34.9 Å². The third-order valence-electron chi connectivity index (χ3n) is 2.92. The summed E-state index contributed by atoms with van der Waals surface area (Å²) in [5.41, 5.74) is 4.15. The zero-order chi connectivity index (χ0) is 13.2. The molecule has 3 nitrogen and oxygen atoms in total. The summed E-state index contributed by atoms with van der Waals surface area (Å²) in [6.07, 6.45) is 0. The molecule has 0 aliphatic heterocycles. The fourth-order valence-electron chi connectivity index (χ4n) is 1.91. The number of esters is 1. The maximum Gasteiger partial charge on any atom is 0.337 e. The topological polar surface area (TPSA) is 35.5 Å². The van der Waals surface area contributed by atoms with Crippen molar-refractivity contribution in [1.82, 2.24) is 0 Å². The van der Waals surface area contributed by atoms with E-state index in [9.17, 15) is 4.79 Å². The van der Waals surface area contributed by atoms with E-state index >= 15 is 0 Å². The second-order valence-corrected chi connectivity index (χ2v) is 4.01. The van der Waals surface area contributed by atoms with Gasteiger partial charge >= 0.3 is 5.97 Å². The van der Waals surface area contributed by atoms with E-state index in [4.69, 9.17) is 9.47 Å². The molecular formula is C14H18O3. The summed E-state index contributed by atoms with van der Waals surface area (Å²) >= 11 is 0. The van der Waals surface area contributed by atoms with Crippen molar-refractivity contribution in [2.75, 3.05) is 14.2 Å². The van der Waals surface area contributed by atoms with Crippen LogP contribution in [0.25, 0.3) is 5.57 Å². The highest BCUT2D eigenvalue weighted by molar-refractivity contribution is 6.17. The second-order valence-electron chi connectivity index (χ2n) is 4.01. The van der Waals surface area contributed by atoms with E-state index in [-0.39, 0.29) is 0 Å². The van der Waals surface area contributed by atoms with E-state index in [0.29, 0.717) is 11.3 Å². The molecule has 0 amide bonds. The quantitative estimate of drug-likeness (QED) is 0.596. The lowest BCUT2D eigenvalue weighted by Crippen LogP contribution is -2.07. The molecule has 1 rings (SSSR count). The molecule has 0 saturated heterocycles. The Balaban J connectivity index is 3.47. The minimum Gasteiger partial charge on any atom is -0.496 e. The van der Waals surface area contributed by atoms with Crippen LogP contribution in [0.2, 0.25) is 0 Å². The average Bonchev–Trinajstić information content (AvgIpc) is 2.31. The van der Waals surface area contributed by atoms with Gasteiger partial charge in [0.05, 0.1) is 19.8 Å². The zero-order valence-corrected chi connectivity index (χ0v) is 11.0. The largest absolute Gasteiger partial charge is 0.496 e. The van der Waals surface area contributed by atoms with Crippen LogP contribution in [-0.2, 0) is 9.53 Å². The summed E-state index contributed by atoms with van der Waals surface area (Å²) in [4.78, 5) is 11.6. The number of carbonyl (C=O) groups excluding carboxylic acids is 1. The molecule has 1 aromatic rings. The summed E-state index contributed by atoms with van der Waals surface area (Å²) in [6.45, 7) is 9.68. The van der Waals surface area contributed by atoms with Crippen LogP contribution in [-0.4, -0.2) is 20.2 Å². The van der Waals surface area contributed by atoms with E-state index in [2.05, 4.69) is 6.58 Å². The van der Waals surface area contributed by atoms with E-state index in [1.54, 1.807) is 7.11 Å². The van der Waals surface area contributed by atoms with Crippen LogP contribution in [0.4, 0.5) is 0 Å². The SMILES string of the molecule is C=C(C(=O)OC)c1c(C)cc(C)c(C)c1OC. The number of hydrogen-bond donors (Lipinski definition) is 0. The van der Waals surface area contributed by atoms with Crippen LogP contribution in [0.15, 0.2) is 12.6 Å². The van der Waals surface area contributed by atoms with Crippen LogP contribution >= 0.6 is 0 Å². The van der Waals surface area contributed by atoms with E-state index < -0.39 is 5.97 Å². The minimum absolute atomic E-state index is 0.324. The molecule has 0 unspecified atom stereocenters. The first-order chi connectivity index (χ1) is 7.93. The molecule has 0 aliphatic carbocycles. The highest BCUT2D eigenvalue weighted by Crippen LogP contribution is 2.34. The van der Waals surface area contributed by atoms with Gasteiger partial charge in [0.15, 0.2) is 0 Å². The molecule has 0 heterocycles. The van der Waals surface area contributed by atoms with Crippen molar-refractivity contribution in [3.63, 3.8) is 0 Å². The number of methoxy groups -OCH3 is 2. The first-order valence-corrected chi connectivity index (χ1v) is 5.36. The van der Waals surface area contributed by atoms with Crippen molar-refractivity contribution in [2.45, 2.75) is 20.8 Å². The predicted octanol–water partition coefficient (Wildman–Crippen LogP) is 2.81. The maximum absolute atomic E-state index is 11.6. The Morgan fingerprint density at radius 3 is 2.24 bits per heavy atom. The Kier molecular flexibility index (Phi) is 3.94. The van der Waals surface area contributed by atoms with Crippen molar-refractivity contribution in [1.29, 1.82) is 0 Å². The van der Waals surface area contributed by atoms with E-state index in [0.717, 1.165) is 22.3 Å². The van der Waals surface area contributed by atoms with Crippen molar-refractivity contribution >= 4 is 11.5 Å². The lowest BCUT2D eigenvalue weighted by Gasteiger charge is -2.17. The second kappa shape index (κ2) is 5.04. The van der Waals surface area contributed by atoms with Crippen LogP contribution in [0.5, 0.6) is 5.75 Å². The molecule has 17 heavy (non-hydrogen) atoms. The molecule has 0 atom stereocenters. The highest BCUT2D eigenvalue weighted by Gasteiger charge is 2.19. The van der Waals surface area contributed by atoms with Crippen molar-refractivity contribution in [2.24, 2.45) is 0 Å². The third-order valence-corrected chi connectivity index (χ3v) is 2.92. The Bertz CT molecular complexity index is 473. The monoisotopic (exact) mass is 234 g/mol. The van der Waals surface area contributed by atoms with Crippen LogP contribution in [0, 0.1) is 20.8 Å². The number of hydrogen-bond acceptors (Lipinski definition) is 3. The van der Waals surface area contributed by atoms with Gasteiger partial charge in [-0.25, -0.2) is 4.79 Å². The maximum atomic E-state index is 11.6. The molecule has 0 radical (unpaired) electrons. The number of aryl methyl sites for hydroxylation is 2. The number of benzene rings is 1. The Labute approximate surface area is 102 Å². The Hall–Kier alpha value is -1.77. The van der Waals surface area contributed by atoms with Crippen molar-refractivity contribution < 1.29 is 14.3 Å². The minimum atomic E-state index is -0.436. The van der Waals surface area contributed by atoms with Gasteiger partial charge in [-0.1, -0.05) is 12.6 Å².